The van der Waals surface area contributed by atoms with E-state index in [1.54, 1.807) is 0 Å². The molecule has 0 unspecified atom stereocenters. The molecule has 0 aliphatic carbocycles. The van der Waals surface area contributed by atoms with Crippen LogP contribution in [0.25, 0.3) is 0 Å². The molecule has 0 saturated heterocycles. The molecule has 0 aliphatic rings. The standard InChI is InChI=1S/C13H24O3/c1-2-3-4-5-6-7-8-9-13(10-14,11-15)12-16/h14-16H,2-6,9-12H2,1H3. The maximum atomic E-state index is 9.06. The minimum atomic E-state index is -0.837. The van der Waals surface area contributed by atoms with Gasteiger partial charge in [0, 0.05) is 12.8 Å². The fourth-order valence-electron chi connectivity index (χ4n) is 1.30. The van der Waals surface area contributed by atoms with E-state index in [-0.39, 0.29) is 19.8 Å². The van der Waals surface area contributed by atoms with Crippen LogP contribution in [-0.2, 0) is 0 Å². The van der Waals surface area contributed by atoms with Crippen molar-refractivity contribution in [1.82, 2.24) is 0 Å². The molecule has 3 nitrogen and oxygen atoms in total. The topological polar surface area (TPSA) is 60.7 Å². The quantitative estimate of drug-likeness (QED) is 0.433. The highest BCUT2D eigenvalue weighted by Gasteiger charge is 2.26. The predicted octanol–water partition coefficient (Wildman–Crippen LogP) is 1.31. The van der Waals surface area contributed by atoms with E-state index < -0.39 is 5.41 Å². The number of hydrogen-bond donors (Lipinski definition) is 3. The van der Waals surface area contributed by atoms with Crippen LogP contribution in [0.1, 0.15) is 45.4 Å². The third kappa shape index (κ3) is 6.12. The molecule has 0 aromatic heterocycles. The molecule has 0 bridgehead atoms. The first-order chi connectivity index (χ1) is 7.74. The Balaban J connectivity index is 3.79. The van der Waals surface area contributed by atoms with Crippen molar-refractivity contribution in [3.63, 3.8) is 0 Å². The van der Waals surface area contributed by atoms with E-state index in [1.165, 1.54) is 19.3 Å². The highest BCUT2D eigenvalue weighted by molar-refractivity contribution is 5.03. The van der Waals surface area contributed by atoms with Crippen LogP contribution in [0.15, 0.2) is 0 Å². The van der Waals surface area contributed by atoms with Gasteiger partial charge in [-0.25, -0.2) is 0 Å². The molecule has 0 aromatic rings. The largest absolute Gasteiger partial charge is 0.396 e. The highest BCUT2D eigenvalue weighted by atomic mass is 16.3. The van der Waals surface area contributed by atoms with Crippen molar-refractivity contribution in [2.45, 2.75) is 45.4 Å². The zero-order valence-electron chi connectivity index (χ0n) is 10.2. The van der Waals surface area contributed by atoms with Crippen LogP contribution in [0, 0.1) is 17.3 Å². The number of hydrogen-bond acceptors (Lipinski definition) is 3. The summed E-state index contributed by atoms with van der Waals surface area (Å²) >= 11 is 0. The molecule has 0 radical (unpaired) electrons. The molecule has 3 heteroatoms. The molecule has 0 fully saturated rings. The van der Waals surface area contributed by atoms with Gasteiger partial charge in [0.05, 0.1) is 25.2 Å². The molecule has 0 atom stereocenters. The van der Waals surface area contributed by atoms with Crippen molar-refractivity contribution in [3.05, 3.63) is 0 Å². The molecule has 0 amide bonds. The number of unbranched alkanes of at least 4 members (excludes halogenated alkanes) is 4. The van der Waals surface area contributed by atoms with E-state index >= 15 is 0 Å². The van der Waals surface area contributed by atoms with Crippen molar-refractivity contribution >= 4 is 0 Å². The Kier molecular flexibility index (Phi) is 9.31. The van der Waals surface area contributed by atoms with E-state index in [1.807, 2.05) is 0 Å². The van der Waals surface area contributed by atoms with Crippen LogP contribution in [0.4, 0.5) is 0 Å². The first kappa shape index (κ1) is 15.4. The molecule has 0 aromatic carbocycles. The fraction of sp³-hybridized carbons (Fsp3) is 0.846. The monoisotopic (exact) mass is 228 g/mol. The van der Waals surface area contributed by atoms with Crippen molar-refractivity contribution in [3.8, 4) is 11.8 Å². The third-order valence-electron chi connectivity index (χ3n) is 2.75. The maximum absolute atomic E-state index is 9.06. The smallest absolute Gasteiger partial charge is 0.0540 e. The summed E-state index contributed by atoms with van der Waals surface area (Å²) in [5.74, 6) is 5.95. The van der Waals surface area contributed by atoms with E-state index in [2.05, 4.69) is 18.8 Å². The van der Waals surface area contributed by atoms with Gasteiger partial charge in [-0.3, -0.25) is 0 Å². The molecule has 0 saturated carbocycles. The van der Waals surface area contributed by atoms with Gasteiger partial charge in [-0.15, -0.1) is 11.8 Å². The van der Waals surface area contributed by atoms with Gasteiger partial charge in [0.15, 0.2) is 0 Å². The fourth-order valence-corrected chi connectivity index (χ4v) is 1.30. The number of aliphatic hydroxyl groups excluding tert-OH is 3. The van der Waals surface area contributed by atoms with Crippen LogP contribution in [0.2, 0.25) is 0 Å². The van der Waals surface area contributed by atoms with Gasteiger partial charge in [-0.05, 0) is 6.42 Å². The molecule has 0 heterocycles. The van der Waals surface area contributed by atoms with Crippen molar-refractivity contribution in [2.24, 2.45) is 5.41 Å². The lowest BCUT2D eigenvalue weighted by Crippen LogP contribution is -2.33. The molecular formula is C13H24O3. The molecule has 94 valence electrons. The second-order valence-corrected chi connectivity index (χ2v) is 4.32. The van der Waals surface area contributed by atoms with E-state index in [9.17, 15) is 0 Å². The summed E-state index contributed by atoms with van der Waals surface area (Å²) < 4.78 is 0. The SMILES string of the molecule is CCCCCCC#CCC(CO)(CO)CO. The summed E-state index contributed by atoms with van der Waals surface area (Å²) in [4.78, 5) is 0. The van der Waals surface area contributed by atoms with Gasteiger partial charge in [0.1, 0.15) is 0 Å². The van der Waals surface area contributed by atoms with Crippen LogP contribution in [0.5, 0.6) is 0 Å². The minimum Gasteiger partial charge on any atom is -0.396 e. The molecule has 0 aliphatic heterocycles. The van der Waals surface area contributed by atoms with Gasteiger partial charge in [-0.2, -0.15) is 0 Å². The molecule has 3 N–H and O–H groups in total. The predicted molar refractivity (Wildman–Crippen MR) is 64.8 cm³/mol. The van der Waals surface area contributed by atoms with E-state index in [0.717, 1.165) is 12.8 Å². The van der Waals surface area contributed by atoms with Crippen molar-refractivity contribution in [2.75, 3.05) is 19.8 Å². The van der Waals surface area contributed by atoms with Crippen molar-refractivity contribution < 1.29 is 15.3 Å². The minimum absolute atomic E-state index is 0.232. The average molecular weight is 228 g/mol. The van der Waals surface area contributed by atoms with E-state index in [4.69, 9.17) is 15.3 Å². The first-order valence-electron chi connectivity index (χ1n) is 6.03. The molecular weight excluding hydrogens is 204 g/mol. The Morgan fingerprint density at radius 2 is 1.50 bits per heavy atom. The van der Waals surface area contributed by atoms with Gasteiger partial charge in [0.2, 0.25) is 0 Å². The summed E-state index contributed by atoms with van der Waals surface area (Å²) in [5, 5.41) is 27.2. The van der Waals surface area contributed by atoms with Gasteiger partial charge < -0.3 is 15.3 Å². The number of rotatable bonds is 8. The lowest BCUT2D eigenvalue weighted by atomic mass is 9.87. The first-order valence-corrected chi connectivity index (χ1v) is 6.03. The molecule has 16 heavy (non-hydrogen) atoms. The number of aliphatic hydroxyl groups is 3. The third-order valence-corrected chi connectivity index (χ3v) is 2.75. The van der Waals surface area contributed by atoms with Crippen LogP contribution in [-0.4, -0.2) is 35.1 Å². The van der Waals surface area contributed by atoms with Gasteiger partial charge in [-0.1, -0.05) is 26.2 Å². The van der Waals surface area contributed by atoms with Gasteiger partial charge >= 0.3 is 0 Å². The van der Waals surface area contributed by atoms with Crippen LogP contribution in [0.3, 0.4) is 0 Å². The summed E-state index contributed by atoms with van der Waals surface area (Å²) in [5.41, 5.74) is -0.837. The second kappa shape index (κ2) is 9.65. The van der Waals surface area contributed by atoms with Gasteiger partial charge in [0.25, 0.3) is 0 Å². The Hall–Kier alpha value is -0.560. The Morgan fingerprint density at radius 3 is 2.00 bits per heavy atom. The normalized spacial score (nSPS) is 11.0. The lowest BCUT2D eigenvalue weighted by molar-refractivity contribution is 0.00953. The zero-order chi connectivity index (χ0) is 12.3. The molecule has 0 spiro atoms. The zero-order valence-corrected chi connectivity index (χ0v) is 10.2. The van der Waals surface area contributed by atoms with Crippen molar-refractivity contribution in [1.29, 1.82) is 0 Å². The summed E-state index contributed by atoms with van der Waals surface area (Å²) in [6.45, 7) is 1.48. The summed E-state index contributed by atoms with van der Waals surface area (Å²) in [6.07, 6.45) is 5.98. The summed E-state index contributed by atoms with van der Waals surface area (Å²) in [6, 6.07) is 0. The van der Waals surface area contributed by atoms with Crippen LogP contribution < -0.4 is 0 Å². The van der Waals surface area contributed by atoms with E-state index in [0.29, 0.717) is 6.42 Å². The Bertz CT molecular complexity index is 203. The Labute approximate surface area is 98.5 Å². The summed E-state index contributed by atoms with van der Waals surface area (Å²) in [7, 11) is 0. The second-order valence-electron chi connectivity index (χ2n) is 4.32. The van der Waals surface area contributed by atoms with Crippen LogP contribution >= 0.6 is 0 Å². The maximum Gasteiger partial charge on any atom is 0.0540 e. The lowest BCUT2D eigenvalue weighted by Gasteiger charge is -2.24. The molecule has 0 rings (SSSR count). The average Bonchev–Trinajstić information content (AvgIpc) is 2.34. The highest BCUT2D eigenvalue weighted by Crippen LogP contribution is 2.18. The Morgan fingerprint density at radius 1 is 0.875 bits per heavy atom.